The number of hydrogen-bond acceptors (Lipinski definition) is 5. The Kier molecular flexibility index (Phi) is 5.15. The molecule has 1 aromatic carbocycles. The van der Waals surface area contributed by atoms with E-state index in [4.69, 9.17) is 22.4 Å². The molecule has 0 aliphatic carbocycles. The van der Waals surface area contributed by atoms with Gasteiger partial charge in [0, 0.05) is 4.47 Å². The van der Waals surface area contributed by atoms with E-state index in [1.807, 2.05) is 24.3 Å². The maximum absolute atomic E-state index is 12.3. The van der Waals surface area contributed by atoms with Crippen LogP contribution >= 0.6 is 39.9 Å². The zero-order valence-corrected chi connectivity index (χ0v) is 13.7. The fourth-order valence-electron chi connectivity index (χ4n) is 1.77. The Balaban J connectivity index is 2.31. The molecule has 1 aliphatic rings. The lowest BCUT2D eigenvalue weighted by Gasteiger charge is -2.20. The number of benzene rings is 1. The van der Waals surface area contributed by atoms with Crippen LogP contribution in [0, 0.1) is 0 Å². The second-order valence-corrected chi connectivity index (χ2v) is 6.73. The molecule has 8 heteroatoms. The van der Waals surface area contributed by atoms with Crippen molar-refractivity contribution in [2.75, 3.05) is 6.61 Å². The first-order chi connectivity index (χ1) is 9.93. The number of carboxylic acid groups (broad SMARTS) is 1. The van der Waals surface area contributed by atoms with Crippen LogP contribution in [0.3, 0.4) is 0 Å². The second kappa shape index (κ2) is 6.69. The van der Waals surface area contributed by atoms with Crippen LogP contribution in [0.1, 0.15) is 5.56 Å². The smallest absolute Gasteiger partial charge is 0.329 e. The minimum atomic E-state index is -1.36. The lowest BCUT2D eigenvalue weighted by molar-refractivity contribution is -0.146. The molecule has 1 unspecified atom stereocenters. The van der Waals surface area contributed by atoms with Gasteiger partial charge in [0.2, 0.25) is 0 Å². The number of thioether (sulfide) groups is 1. The quantitative estimate of drug-likeness (QED) is 0.608. The Bertz CT molecular complexity index is 647. The molecule has 0 aromatic heterocycles. The van der Waals surface area contributed by atoms with Crippen LogP contribution in [0.2, 0.25) is 0 Å². The minimum absolute atomic E-state index is 0.127. The monoisotopic (exact) mass is 387 g/mol. The van der Waals surface area contributed by atoms with Crippen molar-refractivity contribution in [2.45, 2.75) is 6.04 Å². The molecule has 1 aromatic rings. The Morgan fingerprint density at radius 3 is 2.81 bits per heavy atom. The first kappa shape index (κ1) is 16.2. The van der Waals surface area contributed by atoms with E-state index in [9.17, 15) is 9.59 Å². The molecule has 1 fully saturated rings. The summed E-state index contributed by atoms with van der Waals surface area (Å²) in [7, 11) is 0. The zero-order chi connectivity index (χ0) is 15.6. The van der Waals surface area contributed by atoms with Gasteiger partial charge in [-0.2, -0.15) is 0 Å². The number of amides is 1. The van der Waals surface area contributed by atoms with E-state index in [2.05, 4.69) is 15.9 Å². The molecule has 0 bridgehead atoms. The summed E-state index contributed by atoms with van der Waals surface area (Å²) >= 11 is 9.40. The van der Waals surface area contributed by atoms with Gasteiger partial charge < -0.3 is 10.2 Å². The van der Waals surface area contributed by atoms with Crippen molar-refractivity contribution in [3.05, 3.63) is 39.2 Å². The molecule has 110 valence electrons. The maximum atomic E-state index is 12.3. The van der Waals surface area contributed by atoms with Crippen LogP contribution in [-0.4, -0.2) is 44.0 Å². The van der Waals surface area contributed by atoms with Gasteiger partial charge in [-0.1, -0.05) is 52.0 Å². The van der Waals surface area contributed by atoms with Gasteiger partial charge in [-0.05, 0) is 23.8 Å². The molecule has 21 heavy (non-hydrogen) atoms. The summed E-state index contributed by atoms with van der Waals surface area (Å²) in [5.74, 6) is -1.80. The molecule has 1 aliphatic heterocycles. The minimum Gasteiger partial charge on any atom is -0.480 e. The summed E-state index contributed by atoms with van der Waals surface area (Å²) in [6.07, 6.45) is 1.64. The van der Waals surface area contributed by atoms with Crippen molar-refractivity contribution in [1.29, 1.82) is 0 Å². The summed E-state index contributed by atoms with van der Waals surface area (Å²) in [5.41, 5.74) is 0.792. The number of aliphatic hydroxyl groups is 1. The molecule has 1 saturated heterocycles. The van der Waals surface area contributed by atoms with E-state index in [1.165, 1.54) is 0 Å². The average Bonchev–Trinajstić information content (AvgIpc) is 2.67. The lowest BCUT2D eigenvalue weighted by atomic mass is 10.2. The number of carbonyl (C=O) groups excluding carboxylic acids is 1. The number of hydrogen-bond donors (Lipinski definition) is 2. The van der Waals surface area contributed by atoms with Crippen molar-refractivity contribution < 1.29 is 19.8 Å². The third-order valence-corrected chi connectivity index (χ3v) is 4.56. The van der Waals surface area contributed by atoms with Gasteiger partial charge in [-0.25, -0.2) is 4.79 Å². The number of carbonyl (C=O) groups is 2. The van der Waals surface area contributed by atoms with Crippen molar-refractivity contribution in [3.63, 3.8) is 0 Å². The van der Waals surface area contributed by atoms with Crippen LogP contribution in [0.5, 0.6) is 0 Å². The highest BCUT2D eigenvalue weighted by Crippen LogP contribution is 2.34. The number of rotatable bonds is 4. The fourth-order valence-corrected chi connectivity index (χ4v) is 3.54. The first-order valence-corrected chi connectivity index (χ1v) is 7.82. The molecule has 0 spiro atoms. The highest BCUT2D eigenvalue weighted by Gasteiger charge is 2.40. The van der Waals surface area contributed by atoms with Gasteiger partial charge in [0.15, 0.2) is 6.04 Å². The summed E-state index contributed by atoms with van der Waals surface area (Å²) in [4.78, 5) is 24.6. The predicted octanol–water partition coefficient (Wildman–Crippen LogP) is 2.10. The first-order valence-electron chi connectivity index (χ1n) is 5.80. The Hall–Kier alpha value is -1.22. The largest absolute Gasteiger partial charge is 0.480 e. The van der Waals surface area contributed by atoms with E-state index in [-0.39, 0.29) is 4.32 Å². The van der Waals surface area contributed by atoms with Crippen molar-refractivity contribution >= 4 is 62.2 Å². The zero-order valence-electron chi connectivity index (χ0n) is 10.5. The topological polar surface area (TPSA) is 77.8 Å². The van der Waals surface area contributed by atoms with E-state index in [0.717, 1.165) is 26.7 Å². The highest BCUT2D eigenvalue weighted by atomic mass is 79.9. The molecule has 0 radical (unpaired) electrons. The van der Waals surface area contributed by atoms with E-state index >= 15 is 0 Å². The highest BCUT2D eigenvalue weighted by molar-refractivity contribution is 9.10. The summed E-state index contributed by atoms with van der Waals surface area (Å²) in [6, 6.07) is 5.97. The Morgan fingerprint density at radius 2 is 2.24 bits per heavy atom. The number of nitrogens with zero attached hydrogens (tertiary/aromatic N) is 1. The van der Waals surface area contributed by atoms with Crippen molar-refractivity contribution in [1.82, 2.24) is 4.90 Å². The number of halogens is 1. The maximum Gasteiger partial charge on any atom is 0.329 e. The van der Waals surface area contributed by atoms with E-state index < -0.39 is 24.5 Å². The predicted molar refractivity (Wildman–Crippen MR) is 87.7 cm³/mol. The van der Waals surface area contributed by atoms with Gasteiger partial charge in [0.25, 0.3) is 5.91 Å². The van der Waals surface area contributed by atoms with Crippen LogP contribution < -0.4 is 0 Å². The normalized spacial score (nSPS) is 18.4. The summed E-state index contributed by atoms with van der Waals surface area (Å²) in [5, 5.41) is 18.2. The molecule has 1 atom stereocenters. The summed E-state index contributed by atoms with van der Waals surface area (Å²) < 4.78 is 0.994. The molecule has 2 rings (SSSR count). The lowest BCUT2D eigenvalue weighted by Crippen LogP contribution is -2.46. The van der Waals surface area contributed by atoms with Crippen LogP contribution in [-0.2, 0) is 9.59 Å². The average molecular weight is 388 g/mol. The van der Waals surface area contributed by atoms with E-state index in [1.54, 1.807) is 6.08 Å². The van der Waals surface area contributed by atoms with Gasteiger partial charge in [-0.15, -0.1) is 0 Å². The third-order valence-electron chi connectivity index (χ3n) is 2.74. The van der Waals surface area contributed by atoms with Crippen molar-refractivity contribution in [2.24, 2.45) is 0 Å². The van der Waals surface area contributed by atoms with Crippen LogP contribution in [0.25, 0.3) is 6.08 Å². The van der Waals surface area contributed by atoms with Crippen LogP contribution in [0.4, 0.5) is 0 Å². The second-order valence-electron chi connectivity index (χ2n) is 4.14. The molecular weight excluding hydrogens is 378 g/mol. The molecule has 5 nitrogen and oxygen atoms in total. The Labute approximate surface area is 138 Å². The number of carboxylic acids is 1. The van der Waals surface area contributed by atoms with Gasteiger partial charge >= 0.3 is 5.97 Å². The summed E-state index contributed by atoms with van der Waals surface area (Å²) in [6.45, 7) is -0.689. The van der Waals surface area contributed by atoms with Crippen LogP contribution in [0.15, 0.2) is 33.6 Å². The Morgan fingerprint density at radius 1 is 1.52 bits per heavy atom. The SMILES string of the molecule is O=C(O)C(CO)N1C(=O)C(=Cc2cccc(Br)c2)SC1=S. The van der Waals surface area contributed by atoms with Gasteiger partial charge in [0.1, 0.15) is 4.32 Å². The number of aliphatic hydroxyl groups excluding tert-OH is 1. The number of thiocarbonyl (C=S) groups is 1. The molecule has 0 saturated carbocycles. The molecule has 1 heterocycles. The van der Waals surface area contributed by atoms with Crippen molar-refractivity contribution in [3.8, 4) is 0 Å². The molecule has 2 N–H and O–H groups in total. The molecular formula is C13H10BrNO4S2. The van der Waals surface area contributed by atoms with Gasteiger partial charge in [-0.3, -0.25) is 9.69 Å². The number of aliphatic carboxylic acids is 1. The third kappa shape index (κ3) is 3.52. The molecule has 1 amide bonds. The fraction of sp³-hybridized carbons (Fsp3) is 0.154. The van der Waals surface area contributed by atoms with E-state index in [0.29, 0.717) is 4.91 Å². The van der Waals surface area contributed by atoms with Gasteiger partial charge in [0.05, 0.1) is 11.5 Å². The standard InChI is InChI=1S/C13H10BrNO4S2/c14-8-3-1-2-7(4-8)5-10-11(17)15(13(20)21-10)9(6-16)12(18)19/h1-5,9,16H,6H2,(H,18,19).